The van der Waals surface area contributed by atoms with E-state index in [-0.39, 0.29) is 18.5 Å². The first kappa shape index (κ1) is 23.4. The number of amides is 1. The van der Waals surface area contributed by atoms with Gasteiger partial charge in [0, 0.05) is 26.9 Å². The van der Waals surface area contributed by atoms with Gasteiger partial charge in [0.1, 0.15) is 23.0 Å². The number of thiophene rings is 1. The Labute approximate surface area is 212 Å². The van der Waals surface area contributed by atoms with E-state index in [0.29, 0.717) is 21.9 Å². The molecule has 5 aromatic rings. The number of rotatable bonds is 7. The lowest BCUT2D eigenvalue weighted by molar-refractivity contribution is 0.0606. The molecule has 4 aromatic carbocycles. The highest BCUT2D eigenvalue weighted by molar-refractivity contribution is 7.20. The Morgan fingerprint density at radius 3 is 2.50 bits per heavy atom. The van der Waals surface area contributed by atoms with Gasteiger partial charge < -0.3 is 19.5 Å². The normalized spacial score (nSPS) is 10.8. The van der Waals surface area contributed by atoms with Crippen molar-refractivity contribution in [1.29, 1.82) is 0 Å². The fourth-order valence-electron chi connectivity index (χ4n) is 4.04. The molecule has 1 amide bonds. The SMILES string of the molecule is COC(=O)c1cc2cc(NC(=O)c3ccc(OC)c(COc4cccc5ccccc45)c3)ccc2s1. The smallest absolute Gasteiger partial charge is 0.348 e. The molecule has 0 saturated heterocycles. The van der Waals surface area contributed by atoms with E-state index in [4.69, 9.17) is 14.2 Å². The molecule has 1 aromatic heterocycles. The highest BCUT2D eigenvalue weighted by Crippen LogP contribution is 2.30. The van der Waals surface area contributed by atoms with E-state index in [1.165, 1.54) is 18.4 Å². The molecule has 36 heavy (non-hydrogen) atoms. The Bertz CT molecular complexity index is 1580. The molecule has 5 rings (SSSR count). The fraction of sp³-hybridized carbons (Fsp3) is 0.103. The van der Waals surface area contributed by atoms with Crippen molar-refractivity contribution in [2.24, 2.45) is 0 Å². The summed E-state index contributed by atoms with van der Waals surface area (Å²) < 4.78 is 17.4. The van der Waals surface area contributed by atoms with Crippen LogP contribution >= 0.6 is 11.3 Å². The van der Waals surface area contributed by atoms with E-state index in [9.17, 15) is 9.59 Å². The molecule has 0 aliphatic carbocycles. The number of fused-ring (bicyclic) bond motifs is 2. The lowest BCUT2D eigenvalue weighted by Crippen LogP contribution is -2.12. The minimum atomic E-state index is -0.377. The van der Waals surface area contributed by atoms with Gasteiger partial charge in [-0.2, -0.15) is 0 Å². The van der Waals surface area contributed by atoms with Crippen molar-refractivity contribution in [3.05, 3.63) is 101 Å². The Hall–Kier alpha value is -4.36. The third-order valence-corrected chi connectivity index (χ3v) is 6.93. The molecule has 0 atom stereocenters. The zero-order valence-corrected chi connectivity index (χ0v) is 20.6. The van der Waals surface area contributed by atoms with Gasteiger partial charge in [-0.1, -0.05) is 36.4 Å². The number of carbonyl (C=O) groups excluding carboxylic acids is 2. The predicted molar refractivity (Wildman–Crippen MR) is 142 cm³/mol. The molecule has 0 fully saturated rings. The molecule has 0 saturated carbocycles. The van der Waals surface area contributed by atoms with Gasteiger partial charge in [-0.05, 0) is 59.3 Å². The average molecular weight is 498 g/mol. The lowest BCUT2D eigenvalue weighted by atomic mass is 10.1. The number of anilines is 1. The van der Waals surface area contributed by atoms with Crippen LogP contribution in [0, 0.1) is 0 Å². The van der Waals surface area contributed by atoms with Crippen LogP contribution in [0.3, 0.4) is 0 Å². The Kier molecular flexibility index (Phi) is 6.56. The summed E-state index contributed by atoms with van der Waals surface area (Å²) in [7, 11) is 2.95. The van der Waals surface area contributed by atoms with Crippen molar-refractivity contribution < 1.29 is 23.8 Å². The highest BCUT2D eigenvalue weighted by Gasteiger charge is 2.14. The summed E-state index contributed by atoms with van der Waals surface area (Å²) in [5.74, 6) is 0.771. The largest absolute Gasteiger partial charge is 0.496 e. The predicted octanol–water partition coefficient (Wildman–Crippen LogP) is 6.68. The lowest BCUT2D eigenvalue weighted by Gasteiger charge is -2.14. The third-order valence-electron chi connectivity index (χ3n) is 5.84. The van der Waals surface area contributed by atoms with Crippen LogP contribution in [-0.4, -0.2) is 26.1 Å². The zero-order valence-electron chi connectivity index (χ0n) is 19.7. The Balaban J connectivity index is 1.35. The van der Waals surface area contributed by atoms with Crippen LogP contribution in [0.2, 0.25) is 0 Å². The van der Waals surface area contributed by atoms with Gasteiger partial charge in [-0.15, -0.1) is 11.3 Å². The quantitative estimate of drug-likeness (QED) is 0.254. The first-order valence-corrected chi connectivity index (χ1v) is 12.1. The zero-order chi connectivity index (χ0) is 25.1. The van der Waals surface area contributed by atoms with E-state index in [0.717, 1.165) is 32.2 Å². The summed E-state index contributed by atoms with van der Waals surface area (Å²) >= 11 is 1.35. The van der Waals surface area contributed by atoms with Crippen molar-refractivity contribution in [3.63, 3.8) is 0 Å². The van der Waals surface area contributed by atoms with Gasteiger partial charge in [0.05, 0.1) is 14.2 Å². The van der Waals surface area contributed by atoms with Crippen LogP contribution in [0.5, 0.6) is 11.5 Å². The van der Waals surface area contributed by atoms with Gasteiger partial charge in [-0.25, -0.2) is 4.79 Å². The van der Waals surface area contributed by atoms with E-state index in [1.54, 1.807) is 31.4 Å². The second-order valence-electron chi connectivity index (χ2n) is 8.10. The first-order valence-electron chi connectivity index (χ1n) is 11.3. The molecule has 0 bridgehead atoms. The van der Waals surface area contributed by atoms with E-state index in [2.05, 4.69) is 5.32 Å². The second kappa shape index (κ2) is 10.1. The van der Waals surface area contributed by atoms with E-state index in [1.807, 2.05) is 60.7 Å². The molecule has 0 spiro atoms. The number of hydrogen-bond donors (Lipinski definition) is 1. The minimum absolute atomic E-state index is 0.246. The van der Waals surface area contributed by atoms with Crippen molar-refractivity contribution >= 4 is 49.8 Å². The molecule has 1 heterocycles. The van der Waals surface area contributed by atoms with Crippen molar-refractivity contribution in [2.45, 2.75) is 6.61 Å². The van der Waals surface area contributed by atoms with Gasteiger partial charge in [-0.3, -0.25) is 4.79 Å². The van der Waals surface area contributed by atoms with Crippen LogP contribution in [-0.2, 0) is 11.3 Å². The number of carbonyl (C=O) groups is 2. The van der Waals surface area contributed by atoms with Gasteiger partial charge in [0.25, 0.3) is 5.91 Å². The summed E-state index contributed by atoms with van der Waals surface area (Å²) in [6.07, 6.45) is 0. The van der Waals surface area contributed by atoms with Crippen molar-refractivity contribution in [2.75, 3.05) is 19.5 Å². The molecular formula is C29H23NO5S. The van der Waals surface area contributed by atoms with Crippen LogP contribution < -0.4 is 14.8 Å². The Morgan fingerprint density at radius 1 is 0.833 bits per heavy atom. The fourth-order valence-corrected chi connectivity index (χ4v) is 5.00. The molecule has 0 radical (unpaired) electrons. The maximum absolute atomic E-state index is 13.0. The highest BCUT2D eigenvalue weighted by atomic mass is 32.1. The van der Waals surface area contributed by atoms with E-state index < -0.39 is 0 Å². The monoisotopic (exact) mass is 497 g/mol. The van der Waals surface area contributed by atoms with Crippen LogP contribution in [0.1, 0.15) is 25.6 Å². The molecule has 6 nitrogen and oxygen atoms in total. The summed E-state index contributed by atoms with van der Waals surface area (Å²) in [5.41, 5.74) is 1.87. The molecule has 0 unspecified atom stereocenters. The second-order valence-corrected chi connectivity index (χ2v) is 9.19. The first-order chi connectivity index (χ1) is 17.6. The molecule has 0 aliphatic heterocycles. The topological polar surface area (TPSA) is 73.9 Å². The van der Waals surface area contributed by atoms with Crippen LogP contribution in [0.4, 0.5) is 5.69 Å². The van der Waals surface area contributed by atoms with E-state index >= 15 is 0 Å². The number of methoxy groups -OCH3 is 2. The number of ether oxygens (including phenoxy) is 3. The number of hydrogen-bond acceptors (Lipinski definition) is 6. The summed E-state index contributed by atoms with van der Waals surface area (Å²) in [6, 6.07) is 26.5. The molecule has 7 heteroatoms. The van der Waals surface area contributed by atoms with Crippen LogP contribution in [0.15, 0.2) is 84.9 Å². The minimum Gasteiger partial charge on any atom is -0.496 e. The number of esters is 1. The standard InChI is InChI=1S/C29H23NO5S/c1-33-24-12-10-19(14-21(24)17-35-25-9-5-7-18-6-3-4-8-23(18)25)28(31)30-22-11-13-26-20(15-22)16-27(36-26)29(32)34-2/h3-16H,17H2,1-2H3,(H,30,31). The van der Waals surface area contributed by atoms with Crippen molar-refractivity contribution in [1.82, 2.24) is 0 Å². The molecule has 180 valence electrons. The molecule has 1 N–H and O–H groups in total. The van der Waals surface area contributed by atoms with Gasteiger partial charge in [0.15, 0.2) is 0 Å². The third kappa shape index (κ3) is 4.74. The molecular weight excluding hydrogens is 474 g/mol. The van der Waals surface area contributed by atoms with Gasteiger partial charge in [0.2, 0.25) is 0 Å². The Morgan fingerprint density at radius 2 is 1.67 bits per heavy atom. The summed E-state index contributed by atoms with van der Waals surface area (Å²) in [5, 5.41) is 5.91. The van der Waals surface area contributed by atoms with Crippen molar-refractivity contribution in [3.8, 4) is 11.5 Å². The number of nitrogens with one attached hydrogen (secondary N) is 1. The summed E-state index contributed by atoms with van der Waals surface area (Å²) in [6.45, 7) is 0.246. The average Bonchev–Trinajstić information content (AvgIpc) is 3.34. The molecule has 0 aliphatic rings. The maximum atomic E-state index is 13.0. The van der Waals surface area contributed by atoms with Crippen LogP contribution in [0.25, 0.3) is 20.9 Å². The maximum Gasteiger partial charge on any atom is 0.348 e. The summed E-state index contributed by atoms with van der Waals surface area (Å²) in [4.78, 5) is 25.4. The van der Waals surface area contributed by atoms with Gasteiger partial charge >= 0.3 is 5.97 Å². The number of benzene rings is 4.